The van der Waals surface area contributed by atoms with E-state index in [2.05, 4.69) is 5.32 Å². The molecule has 4 N–H and O–H groups in total. The molecule has 2 aromatic carbocycles. The van der Waals surface area contributed by atoms with Crippen LogP contribution in [0.4, 0.5) is 4.79 Å². The largest absolute Gasteiger partial charge is 0.457 e. The van der Waals surface area contributed by atoms with Gasteiger partial charge in [0.1, 0.15) is 23.9 Å². The number of nitrogens with one attached hydrogen (secondary N) is 1. The predicted octanol–water partition coefficient (Wildman–Crippen LogP) is 5.20. The lowest BCUT2D eigenvalue weighted by atomic mass is 9.42. The normalized spacial score (nSPS) is 33.8. The van der Waals surface area contributed by atoms with Crippen molar-refractivity contribution in [1.29, 1.82) is 0 Å². The minimum atomic E-state index is -2.05. The zero-order valence-electron chi connectivity index (χ0n) is 34.7. The average molecular weight is 804 g/mol. The number of fused-ring (bicyclic) bond motifs is 5. The van der Waals surface area contributed by atoms with E-state index in [4.69, 9.17) is 18.9 Å². The molecule has 13 heteroatoms. The molecule has 2 saturated carbocycles. The fourth-order valence-electron chi connectivity index (χ4n) is 10.4. The molecule has 1 saturated heterocycles. The average Bonchev–Trinajstić information content (AvgIpc) is 3.14. The molecule has 1 aliphatic heterocycles. The van der Waals surface area contributed by atoms with Crippen LogP contribution in [-0.4, -0.2) is 92.7 Å². The molecule has 2 bridgehead atoms. The smallest absolute Gasteiger partial charge is 0.408 e. The van der Waals surface area contributed by atoms with Crippen molar-refractivity contribution in [3.05, 3.63) is 82.9 Å². The van der Waals surface area contributed by atoms with E-state index < -0.39 is 99.7 Å². The summed E-state index contributed by atoms with van der Waals surface area (Å²) in [5.41, 5.74) is -6.37. The Kier molecular flexibility index (Phi) is 11.4. The van der Waals surface area contributed by atoms with Crippen LogP contribution in [0.25, 0.3) is 0 Å². The molecule has 1 unspecified atom stereocenters. The van der Waals surface area contributed by atoms with E-state index in [1.54, 1.807) is 109 Å². The van der Waals surface area contributed by atoms with Gasteiger partial charge in [0.2, 0.25) is 0 Å². The van der Waals surface area contributed by atoms with Gasteiger partial charge in [-0.3, -0.25) is 19.2 Å². The third kappa shape index (κ3) is 7.18. The number of benzene rings is 2. The number of aliphatic hydroxyl groups excluding tert-OH is 2. The Hall–Kier alpha value is -4.43. The van der Waals surface area contributed by atoms with Crippen LogP contribution in [0.5, 0.6) is 0 Å². The number of alkyl carbamates (subject to hydrolysis) is 1. The zero-order chi connectivity index (χ0) is 42.7. The Morgan fingerprint density at radius 2 is 1.59 bits per heavy atom. The molecule has 3 aliphatic carbocycles. The van der Waals surface area contributed by atoms with Gasteiger partial charge < -0.3 is 39.6 Å². The number of aliphatic hydroxyl groups is 3. The van der Waals surface area contributed by atoms with Gasteiger partial charge in [0, 0.05) is 49.0 Å². The Morgan fingerprint density at radius 3 is 2.14 bits per heavy atom. The molecule has 13 nitrogen and oxygen atoms in total. The molecular formula is C45H57NO12. The number of amides is 1. The summed E-state index contributed by atoms with van der Waals surface area (Å²) < 4.78 is 23.8. The van der Waals surface area contributed by atoms with Crippen LogP contribution >= 0.6 is 0 Å². The van der Waals surface area contributed by atoms with E-state index in [1.807, 2.05) is 0 Å². The highest BCUT2D eigenvalue weighted by molar-refractivity contribution is 5.97. The topological polar surface area (TPSA) is 195 Å². The number of carbonyl (C=O) groups excluding carboxylic acids is 5. The van der Waals surface area contributed by atoms with Crippen molar-refractivity contribution in [3.8, 4) is 0 Å². The lowest BCUT2D eigenvalue weighted by molar-refractivity contribution is -0.339. The molecule has 0 spiro atoms. The van der Waals surface area contributed by atoms with Gasteiger partial charge in [-0.25, -0.2) is 4.79 Å². The fraction of sp³-hybridized carbons (Fsp3) is 0.578. The van der Waals surface area contributed by atoms with Gasteiger partial charge in [-0.15, -0.1) is 0 Å². The SMILES string of the molecule is CC(=O)O[C@@]12CO[C@@H]1C[C@H](O)C1(C)C(=O)[C@H](O)C3=C(C)[C@@H](OC(=O)[C@H](C)[C@@H](NC(=O)OC(C)(C)C)c4ccccc4)C[C@@](O)([C@@H](CC(=O)c4ccccc4)[C@@H]12)C3(C)C. The Morgan fingerprint density at radius 1 is 0.983 bits per heavy atom. The van der Waals surface area contributed by atoms with E-state index in [0.29, 0.717) is 16.7 Å². The highest BCUT2D eigenvalue weighted by atomic mass is 16.6. The van der Waals surface area contributed by atoms with E-state index in [1.165, 1.54) is 13.8 Å². The Balaban J connectivity index is 1.49. The second-order valence-corrected chi connectivity index (χ2v) is 18.3. The third-order valence-electron chi connectivity index (χ3n) is 13.4. The number of rotatable bonds is 9. The number of esters is 2. The van der Waals surface area contributed by atoms with Crippen molar-refractivity contribution in [3.63, 3.8) is 0 Å². The minimum Gasteiger partial charge on any atom is -0.457 e. The van der Waals surface area contributed by atoms with E-state index in [9.17, 15) is 34.5 Å². The number of Topliss-reactive ketones (excluding diaryl/α,β-unsaturated/α-hetero) is 2. The van der Waals surface area contributed by atoms with Gasteiger partial charge in [0.15, 0.2) is 17.2 Å². The van der Waals surface area contributed by atoms with E-state index in [-0.39, 0.29) is 37.2 Å². The zero-order valence-corrected chi connectivity index (χ0v) is 34.7. The summed E-state index contributed by atoms with van der Waals surface area (Å²) in [5, 5.41) is 40.6. The lowest BCUT2D eigenvalue weighted by Gasteiger charge is -2.68. The molecule has 0 aromatic heterocycles. The number of ether oxygens (including phenoxy) is 4. The van der Waals surface area contributed by atoms with Crippen LogP contribution in [0.1, 0.15) is 104 Å². The fourth-order valence-corrected chi connectivity index (χ4v) is 10.4. The summed E-state index contributed by atoms with van der Waals surface area (Å²) in [6.07, 6.45) is -6.93. The van der Waals surface area contributed by atoms with Crippen LogP contribution in [0.3, 0.4) is 0 Å². The maximum Gasteiger partial charge on any atom is 0.408 e. The summed E-state index contributed by atoms with van der Waals surface area (Å²) in [5.74, 6) is -6.10. The first-order valence-corrected chi connectivity index (χ1v) is 20.0. The van der Waals surface area contributed by atoms with Crippen LogP contribution < -0.4 is 5.32 Å². The van der Waals surface area contributed by atoms with E-state index >= 15 is 4.79 Å². The highest BCUT2D eigenvalue weighted by Crippen LogP contribution is 2.66. The molecule has 3 fully saturated rings. The molecule has 11 atom stereocenters. The maximum absolute atomic E-state index is 15.0. The Bertz CT molecular complexity index is 1970. The van der Waals surface area contributed by atoms with Gasteiger partial charge in [-0.2, -0.15) is 0 Å². The van der Waals surface area contributed by atoms with Crippen molar-refractivity contribution in [1.82, 2.24) is 5.32 Å². The van der Waals surface area contributed by atoms with Gasteiger partial charge >= 0.3 is 18.0 Å². The number of ketones is 2. The summed E-state index contributed by atoms with van der Waals surface area (Å²) in [6.45, 7) is 14.3. The first kappa shape index (κ1) is 43.2. The minimum absolute atomic E-state index is 0.0979. The monoisotopic (exact) mass is 803 g/mol. The molecule has 314 valence electrons. The summed E-state index contributed by atoms with van der Waals surface area (Å²) >= 11 is 0. The van der Waals surface area contributed by atoms with Crippen molar-refractivity contribution in [2.75, 3.05) is 6.61 Å². The van der Waals surface area contributed by atoms with Crippen LogP contribution in [0, 0.1) is 28.6 Å². The first-order valence-electron chi connectivity index (χ1n) is 20.0. The van der Waals surface area contributed by atoms with Gasteiger partial charge in [0.25, 0.3) is 0 Å². The molecular weight excluding hydrogens is 746 g/mol. The van der Waals surface area contributed by atoms with Crippen molar-refractivity contribution in [2.45, 2.75) is 129 Å². The van der Waals surface area contributed by atoms with Crippen molar-refractivity contribution >= 4 is 29.6 Å². The summed E-state index contributed by atoms with van der Waals surface area (Å²) in [7, 11) is 0. The number of hydrogen-bond acceptors (Lipinski definition) is 12. The molecule has 6 rings (SSSR count). The van der Waals surface area contributed by atoms with Crippen LogP contribution in [-0.2, 0) is 33.3 Å². The quantitative estimate of drug-likeness (QED) is 0.112. The van der Waals surface area contributed by atoms with Crippen LogP contribution in [0.15, 0.2) is 71.8 Å². The van der Waals surface area contributed by atoms with Gasteiger partial charge in [-0.1, -0.05) is 74.5 Å². The number of carbonyl (C=O) groups is 5. The predicted molar refractivity (Wildman–Crippen MR) is 210 cm³/mol. The highest BCUT2D eigenvalue weighted by Gasteiger charge is 2.76. The van der Waals surface area contributed by atoms with Crippen molar-refractivity contribution in [2.24, 2.45) is 28.6 Å². The number of hydrogen-bond donors (Lipinski definition) is 4. The Labute approximate surface area is 339 Å². The van der Waals surface area contributed by atoms with Gasteiger partial charge in [0.05, 0.1) is 35.7 Å². The second-order valence-electron chi connectivity index (χ2n) is 18.3. The van der Waals surface area contributed by atoms with Crippen LogP contribution in [0.2, 0.25) is 0 Å². The van der Waals surface area contributed by atoms with Gasteiger partial charge in [-0.05, 0) is 58.3 Å². The standard InChI is InChI=1S/C45H57NO12/c1-24-31(56-39(52)25(2)35(28-18-14-11-15-19-28)46-40(53)58-41(4,5)6)22-45(54)29(20-30(48)27-16-12-10-13-17-27)37-43(9,38(51)36(50)34(24)42(45,7)8)32(49)21-33-44(37,23-55-33)57-26(3)47/h10-19,25,29,31-33,35-37,49-50,54H,20-23H2,1-9H3,(H,46,53)/t25-,29+,31+,32+,33-,35-,36-,37+,43?,44+,45-/m1/s1. The first-order chi connectivity index (χ1) is 27.0. The maximum atomic E-state index is 15.0. The summed E-state index contributed by atoms with van der Waals surface area (Å²) in [4.78, 5) is 69.7. The van der Waals surface area contributed by atoms with E-state index in [0.717, 1.165) is 0 Å². The third-order valence-corrected chi connectivity index (χ3v) is 13.4. The van der Waals surface area contributed by atoms with Crippen molar-refractivity contribution < 1.29 is 58.2 Å². The molecule has 2 aromatic rings. The molecule has 0 radical (unpaired) electrons. The second kappa shape index (κ2) is 15.3. The molecule has 1 heterocycles. The molecule has 4 aliphatic rings. The molecule has 58 heavy (non-hydrogen) atoms. The lowest BCUT2D eigenvalue weighted by Crippen LogP contribution is -2.80. The summed E-state index contributed by atoms with van der Waals surface area (Å²) in [6, 6.07) is 16.4. The molecule has 1 amide bonds.